The molecule has 0 amide bonds. The molecule has 0 saturated heterocycles. The highest BCUT2D eigenvalue weighted by Gasteiger charge is 2.24. The van der Waals surface area contributed by atoms with Gasteiger partial charge in [-0.2, -0.15) is 0 Å². The second-order valence-electron chi connectivity index (χ2n) is 3.90. The van der Waals surface area contributed by atoms with E-state index in [1.807, 2.05) is 25.1 Å². The molecule has 1 rings (SSSR count). The van der Waals surface area contributed by atoms with E-state index >= 15 is 0 Å². The molecular weight excluding hydrogens is 224 g/mol. The first-order chi connectivity index (χ1) is 7.39. The molecule has 0 radical (unpaired) electrons. The minimum absolute atomic E-state index is 0.124. The van der Waals surface area contributed by atoms with Gasteiger partial charge in [0.1, 0.15) is 0 Å². The van der Waals surface area contributed by atoms with Crippen molar-refractivity contribution in [2.75, 3.05) is 17.9 Å². The summed E-state index contributed by atoms with van der Waals surface area (Å²) < 4.78 is 25.3. The topological polar surface area (TPSA) is 63.4 Å². The predicted octanol–water partition coefficient (Wildman–Crippen LogP) is 1.11. The summed E-state index contributed by atoms with van der Waals surface area (Å²) in [5.74, 6) is 0. The number of sulfonamides is 1. The van der Waals surface area contributed by atoms with Gasteiger partial charge in [0.15, 0.2) is 0 Å². The van der Waals surface area contributed by atoms with Crippen LogP contribution in [0.4, 0.5) is 5.69 Å². The van der Waals surface area contributed by atoms with Crippen molar-refractivity contribution in [3.63, 3.8) is 0 Å². The summed E-state index contributed by atoms with van der Waals surface area (Å²) in [6.07, 6.45) is 0. The standard InChI is InChI=1S/C11H18N2O2S/c1-9-5-4-6-11(7-9)13(3)16(14,15)10(2)8-12/h4-7,10H,8,12H2,1-3H3. The number of hydrogen-bond donors (Lipinski definition) is 1. The Morgan fingerprint density at radius 1 is 1.44 bits per heavy atom. The molecule has 1 aromatic rings. The zero-order valence-electron chi connectivity index (χ0n) is 9.84. The van der Waals surface area contributed by atoms with E-state index in [1.54, 1.807) is 20.0 Å². The third-order valence-corrected chi connectivity index (χ3v) is 4.77. The summed E-state index contributed by atoms with van der Waals surface area (Å²) in [4.78, 5) is 0. The normalized spacial score (nSPS) is 13.5. The fourth-order valence-electron chi connectivity index (χ4n) is 1.36. The first-order valence-electron chi connectivity index (χ1n) is 5.14. The molecule has 1 atom stereocenters. The minimum atomic E-state index is -3.35. The predicted molar refractivity (Wildman–Crippen MR) is 67.0 cm³/mol. The van der Waals surface area contributed by atoms with E-state index in [2.05, 4.69) is 0 Å². The van der Waals surface area contributed by atoms with Gasteiger partial charge in [-0.25, -0.2) is 8.42 Å². The summed E-state index contributed by atoms with van der Waals surface area (Å²) in [7, 11) is -1.80. The molecule has 1 unspecified atom stereocenters. The first kappa shape index (κ1) is 13.0. The number of hydrogen-bond acceptors (Lipinski definition) is 3. The highest BCUT2D eigenvalue weighted by molar-refractivity contribution is 7.93. The van der Waals surface area contributed by atoms with Gasteiger partial charge in [0, 0.05) is 13.6 Å². The molecule has 0 aliphatic rings. The van der Waals surface area contributed by atoms with E-state index in [-0.39, 0.29) is 6.54 Å². The molecule has 0 fully saturated rings. The average molecular weight is 242 g/mol. The van der Waals surface area contributed by atoms with Gasteiger partial charge in [0.25, 0.3) is 0 Å². The second kappa shape index (κ2) is 4.84. The van der Waals surface area contributed by atoms with Crippen LogP contribution in [0.5, 0.6) is 0 Å². The van der Waals surface area contributed by atoms with E-state index < -0.39 is 15.3 Å². The van der Waals surface area contributed by atoms with Crippen molar-refractivity contribution in [2.24, 2.45) is 5.73 Å². The number of nitrogens with zero attached hydrogens (tertiary/aromatic N) is 1. The van der Waals surface area contributed by atoms with Crippen LogP contribution >= 0.6 is 0 Å². The fraction of sp³-hybridized carbons (Fsp3) is 0.455. The lowest BCUT2D eigenvalue weighted by molar-refractivity contribution is 0.582. The third kappa shape index (κ3) is 2.54. The number of anilines is 1. The van der Waals surface area contributed by atoms with E-state index in [9.17, 15) is 8.42 Å². The van der Waals surface area contributed by atoms with Crippen LogP contribution < -0.4 is 10.0 Å². The maximum atomic E-state index is 12.0. The largest absolute Gasteiger partial charge is 0.329 e. The van der Waals surface area contributed by atoms with Crippen LogP contribution in [0.2, 0.25) is 0 Å². The summed E-state index contributed by atoms with van der Waals surface area (Å²) >= 11 is 0. The van der Waals surface area contributed by atoms with Crippen LogP contribution in [-0.4, -0.2) is 27.3 Å². The Labute approximate surface area is 97.1 Å². The van der Waals surface area contributed by atoms with Crippen molar-refractivity contribution in [3.8, 4) is 0 Å². The van der Waals surface area contributed by atoms with Gasteiger partial charge in [0.05, 0.1) is 10.9 Å². The molecule has 0 saturated carbocycles. The lowest BCUT2D eigenvalue weighted by Crippen LogP contribution is -2.38. The van der Waals surface area contributed by atoms with Crippen LogP contribution in [0.15, 0.2) is 24.3 Å². The van der Waals surface area contributed by atoms with Crippen LogP contribution in [0.3, 0.4) is 0 Å². The van der Waals surface area contributed by atoms with Gasteiger partial charge in [-0.1, -0.05) is 12.1 Å². The Morgan fingerprint density at radius 3 is 2.56 bits per heavy atom. The number of rotatable bonds is 4. The van der Waals surface area contributed by atoms with E-state index in [1.165, 1.54) is 4.31 Å². The van der Waals surface area contributed by atoms with Crippen molar-refractivity contribution in [3.05, 3.63) is 29.8 Å². The number of benzene rings is 1. The highest BCUT2D eigenvalue weighted by Crippen LogP contribution is 2.19. The van der Waals surface area contributed by atoms with Crippen molar-refractivity contribution in [2.45, 2.75) is 19.1 Å². The molecule has 0 aromatic heterocycles. The summed E-state index contributed by atoms with van der Waals surface area (Å²) in [6, 6.07) is 7.37. The zero-order valence-corrected chi connectivity index (χ0v) is 10.7. The first-order valence-corrected chi connectivity index (χ1v) is 6.64. The molecule has 0 heterocycles. The van der Waals surface area contributed by atoms with Crippen molar-refractivity contribution in [1.82, 2.24) is 0 Å². The minimum Gasteiger partial charge on any atom is -0.329 e. The molecule has 0 aliphatic carbocycles. The molecular formula is C11H18N2O2S. The zero-order chi connectivity index (χ0) is 12.3. The molecule has 1 aromatic carbocycles. The molecule has 90 valence electrons. The second-order valence-corrected chi connectivity index (χ2v) is 6.28. The summed E-state index contributed by atoms with van der Waals surface area (Å²) in [6.45, 7) is 3.66. The Kier molecular flexibility index (Phi) is 3.93. The molecule has 0 aliphatic heterocycles. The molecule has 5 heteroatoms. The van der Waals surface area contributed by atoms with Gasteiger partial charge < -0.3 is 5.73 Å². The molecule has 2 N–H and O–H groups in total. The smallest absolute Gasteiger partial charge is 0.238 e. The van der Waals surface area contributed by atoms with Gasteiger partial charge in [-0.15, -0.1) is 0 Å². The monoisotopic (exact) mass is 242 g/mol. The highest BCUT2D eigenvalue weighted by atomic mass is 32.2. The Morgan fingerprint density at radius 2 is 2.06 bits per heavy atom. The molecule has 0 bridgehead atoms. The fourth-order valence-corrected chi connectivity index (χ4v) is 2.55. The van der Waals surface area contributed by atoms with Crippen molar-refractivity contribution >= 4 is 15.7 Å². The van der Waals surface area contributed by atoms with E-state index in [0.29, 0.717) is 5.69 Å². The Balaban J connectivity index is 3.07. The lowest BCUT2D eigenvalue weighted by Gasteiger charge is -2.23. The Bertz CT molecular complexity index is 457. The van der Waals surface area contributed by atoms with Gasteiger partial charge in [-0.05, 0) is 31.5 Å². The quantitative estimate of drug-likeness (QED) is 0.860. The van der Waals surface area contributed by atoms with Crippen LogP contribution in [0, 0.1) is 6.92 Å². The van der Waals surface area contributed by atoms with Crippen molar-refractivity contribution < 1.29 is 8.42 Å². The number of nitrogens with two attached hydrogens (primary N) is 1. The maximum absolute atomic E-state index is 12.0. The summed E-state index contributed by atoms with van der Waals surface area (Å²) in [5, 5.41) is -0.571. The van der Waals surface area contributed by atoms with Gasteiger partial charge in [0.2, 0.25) is 10.0 Å². The number of aryl methyl sites for hydroxylation is 1. The van der Waals surface area contributed by atoms with Crippen molar-refractivity contribution in [1.29, 1.82) is 0 Å². The molecule has 0 spiro atoms. The van der Waals surface area contributed by atoms with Gasteiger partial charge >= 0.3 is 0 Å². The molecule has 4 nitrogen and oxygen atoms in total. The average Bonchev–Trinajstić information content (AvgIpc) is 2.26. The lowest BCUT2D eigenvalue weighted by atomic mass is 10.2. The maximum Gasteiger partial charge on any atom is 0.238 e. The van der Waals surface area contributed by atoms with Crippen LogP contribution in [-0.2, 0) is 10.0 Å². The van der Waals surface area contributed by atoms with Gasteiger partial charge in [-0.3, -0.25) is 4.31 Å². The molecule has 16 heavy (non-hydrogen) atoms. The van der Waals surface area contributed by atoms with E-state index in [4.69, 9.17) is 5.73 Å². The third-order valence-electron chi connectivity index (χ3n) is 2.59. The van der Waals surface area contributed by atoms with Crippen LogP contribution in [0.1, 0.15) is 12.5 Å². The summed E-state index contributed by atoms with van der Waals surface area (Å²) in [5.41, 5.74) is 7.09. The Hall–Kier alpha value is -1.07. The SMILES string of the molecule is Cc1cccc(N(C)S(=O)(=O)C(C)CN)c1. The van der Waals surface area contributed by atoms with Crippen LogP contribution in [0.25, 0.3) is 0 Å². The van der Waals surface area contributed by atoms with E-state index in [0.717, 1.165) is 5.56 Å².